The number of hydrogen-bond donors (Lipinski definition) is 1. The lowest BCUT2D eigenvalue weighted by Gasteiger charge is -2.10. The second-order valence-electron chi connectivity index (χ2n) is 5.08. The Hall–Kier alpha value is -2.68. The SMILES string of the molecule is CC(=O)Cc1ccc(Nc2ccnc3ccccc23)cc1. The quantitative estimate of drug-likeness (QED) is 0.779. The minimum absolute atomic E-state index is 0.177. The van der Waals surface area contributed by atoms with Crippen LogP contribution in [-0.4, -0.2) is 10.8 Å². The largest absolute Gasteiger partial charge is 0.355 e. The molecule has 0 atom stereocenters. The molecule has 0 saturated heterocycles. The van der Waals surface area contributed by atoms with Crippen LogP contribution in [0.1, 0.15) is 12.5 Å². The number of pyridine rings is 1. The minimum atomic E-state index is 0.177. The van der Waals surface area contributed by atoms with Gasteiger partial charge in [0.15, 0.2) is 0 Å². The Morgan fingerprint density at radius 3 is 2.57 bits per heavy atom. The second-order valence-corrected chi connectivity index (χ2v) is 5.08. The summed E-state index contributed by atoms with van der Waals surface area (Å²) in [4.78, 5) is 15.5. The van der Waals surface area contributed by atoms with E-state index in [1.165, 1.54) is 0 Å². The molecule has 0 radical (unpaired) electrons. The van der Waals surface area contributed by atoms with E-state index in [9.17, 15) is 4.79 Å². The highest BCUT2D eigenvalue weighted by molar-refractivity contribution is 5.92. The smallest absolute Gasteiger partial charge is 0.134 e. The predicted octanol–water partition coefficient (Wildman–Crippen LogP) is 4.11. The fourth-order valence-corrected chi connectivity index (χ4v) is 2.35. The normalized spacial score (nSPS) is 10.5. The molecule has 3 heteroatoms. The van der Waals surface area contributed by atoms with Crippen LogP contribution in [0.2, 0.25) is 0 Å². The molecular formula is C18H16N2O. The van der Waals surface area contributed by atoms with E-state index >= 15 is 0 Å². The molecule has 0 aliphatic carbocycles. The lowest BCUT2D eigenvalue weighted by molar-refractivity contribution is -0.116. The van der Waals surface area contributed by atoms with Crippen LogP contribution in [0, 0.1) is 0 Å². The maximum atomic E-state index is 11.1. The van der Waals surface area contributed by atoms with E-state index < -0.39 is 0 Å². The molecule has 3 nitrogen and oxygen atoms in total. The van der Waals surface area contributed by atoms with Gasteiger partial charge in [-0.1, -0.05) is 30.3 Å². The summed E-state index contributed by atoms with van der Waals surface area (Å²) in [5.74, 6) is 0.177. The van der Waals surface area contributed by atoms with E-state index in [1.54, 1.807) is 13.1 Å². The van der Waals surface area contributed by atoms with Crippen LogP contribution >= 0.6 is 0 Å². The third-order valence-corrected chi connectivity index (χ3v) is 3.34. The van der Waals surface area contributed by atoms with Crippen molar-refractivity contribution in [3.05, 3.63) is 66.4 Å². The molecule has 0 unspecified atom stereocenters. The van der Waals surface area contributed by atoms with Gasteiger partial charge in [-0.2, -0.15) is 0 Å². The number of fused-ring (bicyclic) bond motifs is 1. The fraction of sp³-hybridized carbons (Fsp3) is 0.111. The number of carbonyl (C=O) groups is 1. The van der Waals surface area contributed by atoms with Crippen molar-refractivity contribution in [1.82, 2.24) is 4.98 Å². The molecule has 0 spiro atoms. The Labute approximate surface area is 123 Å². The van der Waals surface area contributed by atoms with Gasteiger partial charge in [-0.05, 0) is 36.8 Å². The summed E-state index contributed by atoms with van der Waals surface area (Å²) in [5, 5.41) is 4.49. The first-order chi connectivity index (χ1) is 10.2. The maximum absolute atomic E-state index is 11.1. The zero-order chi connectivity index (χ0) is 14.7. The monoisotopic (exact) mass is 276 g/mol. The molecule has 1 aromatic heterocycles. The first-order valence-electron chi connectivity index (χ1n) is 6.91. The average molecular weight is 276 g/mol. The number of rotatable bonds is 4. The van der Waals surface area contributed by atoms with Gasteiger partial charge in [0, 0.05) is 29.4 Å². The van der Waals surface area contributed by atoms with Gasteiger partial charge in [0.25, 0.3) is 0 Å². The van der Waals surface area contributed by atoms with Gasteiger partial charge in [0.2, 0.25) is 0 Å². The van der Waals surface area contributed by atoms with Crippen molar-refractivity contribution in [2.45, 2.75) is 13.3 Å². The van der Waals surface area contributed by atoms with Crippen molar-refractivity contribution < 1.29 is 4.79 Å². The maximum Gasteiger partial charge on any atom is 0.134 e. The number of anilines is 2. The molecule has 0 amide bonds. The van der Waals surface area contributed by atoms with Crippen molar-refractivity contribution in [2.75, 3.05) is 5.32 Å². The van der Waals surface area contributed by atoms with Crippen LogP contribution in [0.3, 0.4) is 0 Å². The molecule has 2 aromatic carbocycles. The highest BCUT2D eigenvalue weighted by atomic mass is 16.1. The number of nitrogens with zero attached hydrogens (tertiary/aromatic N) is 1. The van der Waals surface area contributed by atoms with E-state index in [-0.39, 0.29) is 5.78 Å². The van der Waals surface area contributed by atoms with Crippen LogP contribution < -0.4 is 5.32 Å². The second kappa shape index (κ2) is 5.75. The molecule has 3 rings (SSSR count). The van der Waals surface area contributed by atoms with E-state index in [1.807, 2.05) is 48.5 Å². The third-order valence-electron chi connectivity index (χ3n) is 3.34. The average Bonchev–Trinajstić information content (AvgIpc) is 2.49. The Bertz CT molecular complexity index is 773. The van der Waals surface area contributed by atoms with E-state index in [0.29, 0.717) is 6.42 Å². The van der Waals surface area contributed by atoms with E-state index in [0.717, 1.165) is 27.8 Å². The fourth-order valence-electron chi connectivity index (χ4n) is 2.35. The molecule has 0 aliphatic rings. The Balaban J connectivity index is 1.87. The van der Waals surface area contributed by atoms with Gasteiger partial charge in [-0.15, -0.1) is 0 Å². The predicted molar refractivity (Wildman–Crippen MR) is 85.9 cm³/mol. The van der Waals surface area contributed by atoms with Gasteiger partial charge < -0.3 is 5.32 Å². The number of Topliss-reactive ketones (excluding diaryl/α,β-unsaturated/α-hetero) is 1. The van der Waals surface area contributed by atoms with E-state index in [2.05, 4.69) is 16.4 Å². The topological polar surface area (TPSA) is 42.0 Å². The summed E-state index contributed by atoms with van der Waals surface area (Å²) >= 11 is 0. The van der Waals surface area contributed by atoms with Crippen molar-refractivity contribution >= 4 is 28.1 Å². The summed E-state index contributed by atoms with van der Waals surface area (Å²) in [6.07, 6.45) is 2.28. The van der Waals surface area contributed by atoms with Gasteiger partial charge in [0.05, 0.1) is 5.52 Å². The van der Waals surface area contributed by atoms with Gasteiger partial charge in [0.1, 0.15) is 5.78 Å². The molecule has 1 heterocycles. The van der Waals surface area contributed by atoms with Crippen molar-refractivity contribution in [2.24, 2.45) is 0 Å². The van der Waals surface area contributed by atoms with Crippen molar-refractivity contribution in [3.8, 4) is 0 Å². The Morgan fingerprint density at radius 1 is 1.05 bits per heavy atom. The molecule has 0 saturated carbocycles. The number of ketones is 1. The summed E-state index contributed by atoms with van der Waals surface area (Å²) in [7, 11) is 0. The van der Waals surface area contributed by atoms with Crippen molar-refractivity contribution in [1.29, 1.82) is 0 Å². The minimum Gasteiger partial charge on any atom is -0.355 e. The van der Waals surface area contributed by atoms with Crippen LogP contribution in [0.4, 0.5) is 11.4 Å². The molecule has 0 aliphatic heterocycles. The van der Waals surface area contributed by atoms with Gasteiger partial charge >= 0.3 is 0 Å². The lowest BCUT2D eigenvalue weighted by Crippen LogP contribution is -1.97. The zero-order valence-corrected chi connectivity index (χ0v) is 11.8. The summed E-state index contributed by atoms with van der Waals surface area (Å²) in [6.45, 7) is 1.61. The van der Waals surface area contributed by atoms with E-state index in [4.69, 9.17) is 0 Å². The molecule has 104 valence electrons. The standard InChI is InChI=1S/C18H16N2O/c1-13(21)12-14-6-8-15(9-7-14)20-18-10-11-19-17-5-3-2-4-16(17)18/h2-11H,12H2,1H3,(H,19,20). The van der Waals surface area contributed by atoms with Gasteiger partial charge in [-0.25, -0.2) is 0 Å². The Kier molecular flexibility index (Phi) is 3.65. The van der Waals surface area contributed by atoms with Crippen LogP contribution in [0.25, 0.3) is 10.9 Å². The summed E-state index contributed by atoms with van der Waals surface area (Å²) in [5.41, 5.74) is 4.03. The van der Waals surface area contributed by atoms with Crippen LogP contribution in [0.5, 0.6) is 0 Å². The van der Waals surface area contributed by atoms with Crippen LogP contribution in [-0.2, 0) is 11.2 Å². The number of para-hydroxylation sites is 1. The molecule has 3 aromatic rings. The molecule has 1 N–H and O–H groups in total. The van der Waals surface area contributed by atoms with Gasteiger partial charge in [-0.3, -0.25) is 9.78 Å². The molecule has 21 heavy (non-hydrogen) atoms. The Morgan fingerprint density at radius 2 is 1.81 bits per heavy atom. The number of benzene rings is 2. The highest BCUT2D eigenvalue weighted by Crippen LogP contribution is 2.24. The zero-order valence-electron chi connectivity index (χ0n) is 11.8. The summed E-state index contributed by atoms with van der Waals surface area (Å²) in [6, 6.07) is 17.9. The molecule has 0 bridgehead atoms. The first-order valence-corrected chi connectivity index (χ1v) is 6.91. The lowest BCUT2D eigenvalue weighted by atomic mass is 10.1. The number of hydrogen-bond acceptors (Lipinski definition) is 3. The first kappa shape index (κ1) is 13.3. The number of aromatic nitrogens is 1. The number of carbonyl (C=O) groups excluding carboxylic acids is 1. The number of nitrogens with one attached hydrogen (secondary N) is 1. The molecular weight excluding hydrogens is 260 g/mol. The van der Waals surface area contributed by atoms with Crippen molar-refractivity contribution in [3.63, 3.8) is 0 Å². The van der Waals surface area contributed by atoms with Crippen LogP contribution in [0.15, 0.2) is 60.8 Å². The molecule has 0 fully saturated rings. The summed E-state index contributed by atoms with van der Waals surface area (Å²) < 4.78 is 0. The highest BCUT2D eigenvalue weighted by Gasteiger charge is 2.02. The third kappa shape index (κ3) is 3.08.